The van der Waals surface area contributed by atoms with Crippen LogP contribution in [0.15, 0.2) is 36.7 Å². The highest BCUT2D eigenvalue weighted by Crippen LogP contribution is 2.27. The minimum atomic E-state index is -0.508. The Kier molecular flexibility index (Phi) is 5.26. The zero-order valence-corrected chi connectivity index (χ0v) is 14.4. The van der Waals surface area contributed by atoms with Crippen molar-refractivity contribution in [2.75, 3.05) is 37.7 Å². The molecule has 0 atom stereocenters. The first-order valence-corrected chi connectivity index (χ1v) is 8.22. The normalized spacial score (nSPS) is 14.2. The Bertz CT molecular complexity index is 791. The molecule has 1 aliphatic rings. The van der Waals surface area contributed by atoms with E-state index < -0.39 is 4.92 Å². The molecule has 9 nitrogen and oxygen atoms in total. The Morgan fingerprint density at radius 2 is 1.92 bits per heavy atom. The lowest BCUT2D eigenvalue weighted by atomic mass is 10.2. The first-order chi connectivity index (χ1) is 12.5. The number of aromatic nitrogens is 2. The van der Waals surface area contributed by atoms with Gasteiger partial charge in [0.25, 0.3) is 5.91 Å². The van der Waals surface area contributed by atoms with Crippen molar-refractivity contribution in [3.05, 3.63) is 52.3 Å². The summed E-state index contributed by atoms with van der Waals surface area (Å²) in [5.74, 6) is 0.546. The van der Waals surface area contributed by atoms with Crippen molar-refractivity contribution in [2.45, 2.75) is 6.92 Å². The maximum absolute atomic E-state index is 12.3. The van der Waals surface area contributed by atoms with Crippen LogP contribution >= 0.6 is 0 Å². The van der Waals surface area contributed by atoms with Crippen molar-refractivity contribution in [3.63, 3.8) is 0 Å². The maximum atomic E-state index is 12.3. The maximum Gasteiger partial charge on any atom is 0.311 e. The summed E-state index contributed by atoms with van der Waals surface area (Å²) in [6, 6.07) is 6.42. The molecule has 0 bridgehead atoms. The number of hydrogen-bond donors (Lipinski definition) is 0. The minimum Gasteiger partial charge on any atom is -0.477 e. The van der Waals surface area contributed by atoms with Gasteiger partial charge in [-0.3, -0.25) is 14.9 Å². The van der Waals surface area contributed by atoms with E-state index in [1.54, 1.807) is 36.4 Å². The topological polar surface area (TPSA) is 102 Å². The van der Waals surface area contributed by atoms with Crippen molar-refractivity contribution < 1.29 is 14.5 Å². The van der Waals surface area contributed by atoms with Crippen molar-refractivity contribution in [1.29, 1.82) is 0 Å². The minimum absolute atomic E-state index is 0.102. The molecule has 2 aromatic rings. The lowest BCUT2D eigenvalue weighted by Gasteiger charge is -2.34. The first kappa shape index (κ1) is 17.6. The number of ether oxygens (including phenoxy) is 1. The molecule has 0 saturated carbocycles. The highest BCUT2D eigenvalue weighted by atomic mass is 16.6. The second kappa shape index (κ2) is 7.77. The van der Waals surface area contributed by atoms with Gasteiger partial charge in [-0.15, -0.1) is 0 Å². The SMILES string of the molecule is Cc1ccc(OCC(=O)N2CCN(c3ncccn3)CC2)c([N+](=O)[O-])c1. The zero-order valence-electron chi connectivity index (χ0n) is 14.4. The van der Waals surface area contributed by atoms with E-state index in [2.05, 4.69) is 9.97 Å². The number of aryl methyl sites for hydroxylation is 1. The predicted octanol–water partition coefficient (Wildman–Crippen LogP) is 1.42. The van der Waals surface area contributed by atoms with E-state index in [1.165, 1.54) is 12.1 Å². The molecule has 1 aliphatic heterocycles. The van der Waals surface area contributed by atoms with Gasteiger partial charge >= 0.3 is 5.69 Å². The van der Waals surface area contributed by atoms with E-state index in [4.69, 9.17) is 4.74 Å². The number of nitro groups is 1. The number of nitro benzene ring substituents is 1. The molecule has 2 heterocycles. The van der Waals surface area contributed by atoms with Gasteiger partial charge in [0.05, 0.1) is 4.92 Å². The zero-order chi connectivity index (χ0) is 18.5. The van der Waals surface area contributed by atoms with Crippen LogP contribution in [-0.4, -0.2) is 58.5 Å². The molecule has 0 radical (unpaired) electrons. The molecule has 0 N–H and O–H groups in total. The largest absolute Gasteiger partial charge is 0.477 e. The molecule has 1 saturated heterocycles. The van der Waals surface area contributed by atoms with Gasteiger partial charge in [0.15, 0.2) is 12.4 Å². The number of hydrogen-bond acceptors (Lipinski definition) is 7. The van der Waals surface area contributed by atoms with Crippen LogP contribution in [0.25, 0.3) is 0 Å². The quantitative estimate of drug-likeness (QED) is 0.589. The van der Waals surface area contributed by atoms with Crippen LogP contribution in [0.5, 0.6) is 5.75 Å². The monoisotopic (exact) mass is 357 g/mol. The summed E-state index contributed by atoms with van der Waals surface area (Å²) in [6.45, 7) is 3.83. The molecule has 0 aliphatic carbocycles. The number of piperazine rings is 1. The van der Waals surface area contributed by atoms with E-state index in [1.807, 2.05) is 4.90 Å². The third-order valence-electron chi connectivity index (χ3n) is 4.13. The van der Waals surface area contributed by atoms with Crippen molar-refractivity contribution in [1.82, 2.24) is 14.9 Å². The summed E-state index contributed by atoms with van der Waals surface area (Å²) in [7, 11) is 0. The summed E-state index contributed by atoms with van der Waals surface area (Å²) in [5, 5.41) is 11.1. The predicted molar refractivity (Wildman–Crippen MR) is 94.2 cm³/mol. The van der Waals surface area contributed by atoms with Crippen molar-refractivity contribution in [2.24, 2.45) is 0 Å². The van der Waals surface area contributed by atoms with Gasteiger partial charge in [-0.1, -0.05) is 6.07 Å². The Morgan fingerprint density at radius 3 is 2.58 bits per heavy atom. The Balaban J connectivity index is 1.55. The van der Waals surface area contributed by atoms with Crippen LogP contribution in [0.3, 0.4) is 0 Å². The van der Waals surface area contributed by atoms with Gasteiger partial charge in [-0.05, 0) is 24.6 Å². The standard InChI is InChI=1S/C17H19N5O4/c1-13-3-4-15(14(11-13)22(24)25)26-12-16(23)20-7-9-21(10-8-20)17-18-5-2-6-19-17/h2-6,11H,7-10,12H2,1H3. The Hall–Kier alpha value is -3.23. The smallest absolute Gasteiger partial charge is 0.311 e. The number of nitrogens with zero attached hydrogens (tertiary/aromatic N) is 5. The fourth-order valence-corrected chi connectivity index (χ4v) is 2.73. The lowest BCUT2D eigenvalue weighted by molar-refractivity contribution is -0.385. The summed E-state index contributed by atoms with van der Waals surface area (Å²) >= 11 is 0. The Labute approximate surface area is 150 Å². The fourth-order valence-electron chi connectivity index (χ4n) is 2.73. The molecule has 136 valence electrons. The molecule has 26 heavy (non-hydrogen) atoms. The third-order valence-corrected chi connectivity index (χ3v) is 4.13. The van der Waals surface area contributed by atoms with Gasteiger partial charge in [0, 0.05) is 44.6 Å². The van der Waals surface area contributed by atoms with Crippen LogP contribution in [0.2, 0.25) is 0 Å². The summed E-state index contributed by atoms with van der Waals surface area (Å²) < 4.78 is 5.41. The van der Waals surface area contributed by atoms with E-state index >= 15 is 0 Å². The highest BCUT2D eigenvalue weighted by molar-refractivity contribution is 5.78. The van der Waals surface area contributed by atoms with Crippen molar-refractivity contribution >= 4 is 17.5 Å². The molecule has 0 unspecified atom stereocenters. The van der Waals surface area contributed by atoms with Crippen LogP contribution in [0.1, 0.15) is 5.56 Å². The Morgan fingerprint density at radius 1 is 1.23 bits per heavy atom. The highest BCUT2D eigenvalue weighted by Gasteiger charge is 2.23. The number of rotatable bonds is 5. The van der Waals surface area contributed by atoms with Gasteiger partial charge < -0.3 is 14.5 Å². The van der Waals surface area contributed by atoms with E-state index in [9.17, 15) is 14.9 Å². The number of carbonyl (C=O) groups excluding carboxylic acids is 1. The number of carbonyl (C=O) groups is 1. The number of amides is 1. The first-order valence-electron chi connectivity index (χ1n) is 8.22. The third kappa shape index (κ3) is 4.05. The molecule has 0 spiro atoms. The molecule has 1 fully saturated rings. The molecule has 9 heteroatoms. The van der Waals surface area contributed by atoms with Gasteiger partial charge in [-0.2, -0.15) is 0 Å². The van der Waals surface area contributed by atoms with Gasteiger partial charge in [-0.25, -0.2) is 9.97 Å². The second-order valence-electron chi connectivity index (χ2n) is 5.93. The lowest BCUT2D eigenvalue weighted by Crippen LogP contribution is -2.50. The van der Waals surface area contributed by atoms with Crippen LogP contribution in [-0.2, 0) is 4.79 Å². The van der Waals surface area contributed by atoms with Crippen molar-refractivity contribution in [3.8, 4) is 5.75 Å². The molecular formula is C17H19N5O4. The van der Waals surface area contributed by atoms with Crippen LogP contribution < -0.4 is 9.64 Å². The van der Waals surface area contributed by atoms with Crippen LogP contribution in [0.4, 0.5) is 11.6 Å². The summed E-state index contributed by atoms with van der Waals surface area (Å²) in [5.41, 5.74) is 0.624. The van der Waals surface area contributed by atoms with Gasteiger partial charge in [0.1, 0.15) is 0 Å². The van der Waals surface area contributed by atoms with Crippen LogP contribution in [0, 0.1) is 17.0 Å². The number of benzene rings is 1. The number of anilines is 1. The fraction of sp³-hybridized carbons (Fsp3) is 0.353. The van der Waals surface area contributed by atoms with E-state index in [0.29, 0.717) is 32.1 Å². The summed E-state index contributed by atoms with van der Waals surface area (Å²) in [4.78, 5) is 35.0. The van der Waals surface area contributed by atoms with E-state index in [-0.39, 0.29) is 24.0 Å². The molecular weight excluding hydrogens is 338 g/mol. The average molecular weight is 357 g/mol. The molecule has 3 rings (SSSR count). The average Bonchev–Trinajstić information content (AvgIpc) is 2.67. The second-order valence-corrected chi connectivity index (χ2v) is 5.93. The molecule has 1 aromatic carbocycles. The molecule has 1 aromatic heterocycles. The molecule has 1 amide bonds. The van der Waals surface area contributed by atoms with Gasteiger partial charge in [0.2, 0.25) is 5.95 Å². The van der Waals surface area contributed by atoms with E-state index in [0.717, 1.165) is 5.56 Å². The summed E-state index contributed by atoms with van der Waals surface area (Å²) in [6.07, 6.45) is 3.37.